The fourth-order valence-corrected chi connectivity index (χ4v) is 3.58. The highest BCUT2D eigenvalue weighted by Gasteiger charge is 2.15. The maximum Gasteiger partial charge on any atom is 0.269 e. The van der Waals surface area contributed by atoms with Gasteiger partial charge in [0.25, 0.3) is 5.69 Å². The van der Waals surface area contributed by atoms with Crippen LogP contribution in [0.5, 0.6) is 11.5 Å². The lowest BCUT2D eigenvalue weighted by Gasteiger charge is -2.11. The molecule has 0 spiro atoms. The maximum atomic E-state index is 12.3. The molecule has 3 aromatic rings. The monoisotopic (exact) mass is 457 g/mol. The largest absolute Gasteiger partial charge is 0.493 e. The molecule has 0 saturated heterocycles. The summed E-state index contributed by atoms with van der Waals surface area (Å²) in [5, 5.41) is 22.4. The van der Waals surface area contributed by atoms with Crippen molar-refractivity contribution < 1.29 is 19.2 Å². The summed E-state index contributed by atoms with van der Waals surface area (Å²) in [7, 11) is 3.38. The topological polar surface area (TPSA) is 121 Å². The molecule has 2 aromatic carbocycles. The third-order valence-electron chi connectivity index (χ3n) is 4.63. The quantitative estimate of drug-likeness (QED) is 0.293. The van der Waals surface area contributed by atoms with Gasteiger partial charge in [-0.05, 0) is 43.2 Å². The van der Waals surface area contributed by atoms with Gasteiger partial charge in [-0.15, -0.1) is 10.2 Å². The minimum absolute atomic E-state index is 0.0213. The fraction of sp³-hybridized carbons (Fsp3) is 0.286. The van der Waals surface area contributed by atoms with E-state index in [2.05, 4.69) is 15.5 Å². The molecule has 1 amide bonds. The number of benzene rings is 2. The number of hydrogen-bond acceptors (Lipinski definition) is 8. The van der Waals surface area contributed by atoms with Crippen LogP contribution < -0.4 is 14.8 Å². The summed E-state index contributed by atoms with van der Waals surface area (Å²) in [5.74, 6) is 1.70. The summed E-state index contributed by atoms with van der Waals surface area (Å²) in [5.41, 5.74) is 2.18. The van der Waals surface area contributed by atoms with Crippen LogP contribution in [0.15, 0.2) is 41.6 Å². The first-order valence-corrected chi connectivity index (χ1v) is 10.6. The van der Waals surface area contributed by atoms with Crippen LogP contribution in [0.1, 0.15) is 17.0 Å². The highest BCUT2D eigenvalue weighted by molar-refractivity contribution is 7.99. The van der Waals surface area contributed by atoms with E-state index in [-0.39, 0.29) is 24.0 Å². The Morgan fingerprint density at radius 1 is 1.19 bits per heavy atom. The van der Waals surface area contributed by atoms with Gasteiger partial charge >= 0.3 is 0 Å². The van der Waals surface area contributed by atoms with E-state index in [1.54, 1.807) is 25.6 Å². The Kier molecular flexibility index (Phi) is 7.31. The van der Waals surface area contributed by atoms with Crippen LogP contribution in [-0.4, -0.2) is 38.5 Å². The molecular formula is C21H23N5O5S. The molecule has 1 N–H and O–H groups in total. The summed E-state index contributed by atoms with van der Waals surface area (Å²) < 4.78 is 12.9. The predicted octanol–water partition coefficient (Wildman–Crippen LogP) is 3.66. The number of carbonyl (C=O) groups is 1. The molecule has 0 saturated carbocycles. The second-order valence-corrected chi connectivity index (χ2v) is 7.94. The molecule has 11 heteroatoms. The number of nitrogens with one attached hydrogen (secondary N) is 1. The summed E-state index contributed by atoms with van der Waals surface area (Å²) in [4.78, 5) is 22.7. The Hall–Kier alpha value is -3.60. The number of amides is 1. The van der Waals surface area contributed by atoms with E-state index < -0.39 is 4.92 Å². The van der Waals surface area contributed by atoms with Crippen LogP contribution in [0.3, 0.4) is 0 Å². The lowest BCUT2D eigenvalue weighted by atomic mass is 10.2. The number of aromatic nitrogens is 3. The normalized spacial score (nSPS) is 10.6. The summed E-state index contributed by atoms with van der Waals surface area (Å²) in [6.45, 7) is 3.86. The summed E-state index contributed by atoms with van der Waals surface area (Å²) in [6, 6.07) is 9.95. The molecule has 0 aliphatic rings. The molecule has 1 aromatic heterocycles. The van der Waals surface area contributed by atoms with E-state index in [1.165, 1.54) is 30.0 Å². The van der Waals surface area contributed by atoms with Crippen molar-refractivity contribution in [3.8, 4) is 11.5 Å². The zero-order chi connectivity index (χ0) is 23.3. The standard InChI is InChI=1S/C21H23N5O5S/c1-13-5-8-17(18(9-13)30-4)31-11-19-23-24-21(25(19)3)32-12-20(27)22-16-7-6-15(26(28)29)10-14(16)2/h5-10H,11-12H2,1-4H3,(H,22,27). The molecule has 168 valence electrons. The van der Waals surface area contributed by atoms with Gasteiger partial charge in [-0.1, -0.05) is 17.8 Å². The maximum absolute atomic E-state index is 12.3. The minimum atomic E-state index is -0.473. The Bertz CT molecular complexity index is 1150. The molecule has 1 heterocycles. The summed E-state index contributed by atoms with van der Waals surface area (Å²) >= 11 is 1.23. The Morgan fingerprint density at radius 2 is 1.97 bits per heavy atom. The molecule has 0 unspecified atom stereocenters. The number of methoxy groups -OCH3 is 1. The Labute approximate surface area is 189 Å². The van der Waals surface area contributed by atoms with Crippen LogP contribution in [0.2, 0.25) is 0 Å². The van der Waals surface area contributed by atoms with Gasteiger partial charge in [-0.3, -0.25) is 14.9 Å². The van der Waals surface area contributed by atoms with Crippen LogP contribution in [0, 0.1) is 24.0 Å². The van der Waals surface area contributed by atoms with E-state index in [0.29, 0.717) is 33.7 Å². The molecule has 0 radical (unpaired) electrons. The van der Waals surface area contributed by atoms with Gasteiger partial charge in [0.15, 0.2) is 22.5 Å². The van der Waals surface area contributed by atoms with Crippen molar-refractivity contribution >= 4 is 29.0 Å². The average Bonchev–Trinajstić information content (AvgIpc) is 3.12. The number of non-ortho nitro benzene ring substituents is 1. The van der Waals surface area contributed by atoms with Gasteiger partial charge in [-0.25, -0.2) is 0 Å². The Balaban J connectivity index is 1.57. The van der Waals surface area contributed by atoms with Crippen LogP contribution in [0.4, 0.5) is 11.4 Å². The van der Waals surface area contributed by atoms with E-state index in [0.717, 1.165) is 5.56 Å². The lowest BCUT2D eigenvalue weighted by molar-refractivity contribution is -0.384. The molecule has 10 nitrogen and oxygen atoms in total. The number of hydrogen-bond donors (Lipinski definition) is 1. The number of nitro groups is 1. The molecule has 0 atom stereocenters. The van der Waals surface area contributed by atoms with Crippen molar-refractivity contribution in [3.63, 3.8) is 0 Å². The first-order valence-electron chi connectivity index (χ1n) is 9.62. The molecule has 32 heavy (non-hydrogen) atoms. The van der Waals surface area contributed by atoms with Crippen molar-refractivity contribution in [2.45, 2.75) is 25.6 Å². The van der Waals surface area contributed by atoms with Crippen molar-refractivity contribution in [3.05, 3.63) is 63.5 Å². The molecular weight excluding hydrogens is 434 g/mol. The molecule has 0 fully saturated rings. The average molecular weight is 458 g/mol. The zero-order valence-corrected chi connectivity index (χ0v) is 18.9. The number of aryl methyl sites for hydroxylation is 2. The molecule has 3 rings (SSSR count). The molecule has 0 bridgehead atoms. The number of ether oxygens (including phenoxy) is 2. The van der Waals surface area contributed by atoms with Gasteiger partial charge in [0.2, 0.25) is 5.91 Å². The molecule has 0 aliphatic heterocycles. The van der Waals surface area contributed by atoms with Crippen molar-refractivity contribution in [1.29, 1.82) is 0 Å². The van der Waals surface area contributed by atoms with Crippen LogP contribution in [-0.2, 0) is 18.4 Å². The minimum Gasteiger partial charge on any atom is -0.493 e. The number of nitrogens with zero attached hydrogens (tertiary/aromatic N) is 4. The van der Waals surface area contributed by atoms with E-state index in [9.17, 15) is 14.9 Å². The van der Waals surface area contributed by atoms with Crippen LogP contribution >= 0.6 is 11.8 Å². The van der Waals surface area contributed by atoms with Crippen molar-refractivity contribution in [2.75, 3.05) is 18.2 Å². The highest BCUT2D eigenvalue weighted by Crippen LogP contribution is 2.28. The first-order chi connectivity index (χ1) is 15.3. The van der Waals surface area contributed by atoms with Gasteiger partial charge < -0.3 is 19.4 Å². The number of thioether (sulfide) groups is 1. The lowest BCUT2D eigenvalue weighted by Crippen LogP contribution is -2.15. The van der Waals surface area contributed by atoms with E-state index in [1.807, 2.05) is 25.1 Å². The summed E-state index contributed by atoms with van der Waals surface area (Å²) in [6.07, 6.45) is 0. The third-order valence-corrected chi connectivity index (χ3v) is 5.65. The first kappa shape index (κ1) is 23.1. The highest BCUT2D eigenvalue weighted by atomic mass is 32.2. The number of anilines is 1. The molecule has 0 aliphatic carbocycles. The number of carbonyl (C=O) groups excluding carboxylic acids is 1. The Morgan fingerprint density at radius 3 is 2.66 bits per heavy atom. The second kappa shape index (κ2) is 10.1. The SMILES string of the molecule is COc1cc(C)ccc1OCc1nnc(SCC(=O)Nc2ccc([N+](=O)[O-])cc2C)n1C. The van der Waals surface area contributed by atoms with Crippen molar-refractivity contribution in [2.24, 2.45) is 7.05 Å². The smallest absolute Gasteiger partial charge is 0.269 e. The zero-order valence-electron chi connectivity index (χ0n) is 18.1. The van der Waals surface area contributed by atoms with Gasteiger partial charge in [0, 0.05) is 24.9 Å². The number of rotatable bonds is 9. The van der Waals surface area contributed by atoms with E-state index in [4.69, 9.17) is 9.47 Å². The third kappa shape index (κ3) is 5.55. The predicted molar refractivity (Wildman–Crippen MR) is 120 cm³/mol. The van der Waals surface area contributed by atoms with Gasteiger partial charge in [-0.2, -0.15) is 0 Å². The fourth-order valence-electron chi connectivity index (χ4n) is 2.85. The van der Waals surface area contributed by atoms with Crippen LogP contribution in [0.25, 0.3) is 0 Å². The second-order valence-electron chi connectivity index (χ2n) is 6.99. The van der Waals surface area contributed by atoms with Gasteiger partial charge in [0.1, 0.15) is 6.61 Å². The number of nitro benzene ring substituents is 1. The van der Waals surface area contributed by atoms with Gasteiger partial charge in [0.05, 0.1) is 17.8 Å². The van der Waals surface area contributed by atoms with Crippen molar-refractivity contribution in [1.82, 2.24) is 14.8 Å². The van der Waals surface area contributed by atoms with E-state index >= 15 is 0 Å².